The molecule has 2 amide bonds. The van der Waals surface area contributed by atoms with E-state index >= 15 is 0 Å². The van der Waals surface area contributed by atoms with E-state index in [1.165, 1.54) is 11.0 Å². The molecule has 0 bridgehead atoms. The zero-order valence-electron chi connectivity index (χ0n) is 18.5. The van der Waals surface area contributed by atoms with Gasteiger partial charge in [-0.05, 0) is 29.2 Å². The molecule has 174 valence electrons. The third-order valence-electron chi connectivity index (χ3n) is 5.03. The predicted molar refractivity (Wildman–Crippen MR) is 122 cm³/mol. The molecule has 9 heteroatoms. The lowest BCUT2D eigenvalue weighted by Gasteiger charge is -2.36. The Bertz CT molecular complexity index is 1060. The first-order valence-corrected chi connectivity index (χ1v) is 12.4. The van der Waals surface area contributed by atoms with Crippen molar-refractivity contribution < 1.29 is 22.4 Å². The van der Waals surface area contributed by atoms with E-state index in [1.54, 1.807) is 18.2 Å². The van der Waals surface area contributed by atoms with Crippen molar-refractivity contribution in [3.05, 3.63) is 71.0 Å². The lowest BCUT2D eigenvalue weighted by molar-refractivity contribution is -0.141. The van der Waals surface area contributed by atoms with Crippen LogP contribution in [-0.2, 0) is 39.0 Å². The second-order valence-electron chi connectivity index (χ2n) is 7.51. The molecular weight excluding hydrogens is 433 g/mol. The number of rotatable bonds is 6. The molecule has 0 saturated carbocycles. The van der Waals surface area contributed by atoms with Gasteiger partial charge in [0.2, 0.25) is 15.9 Å². The maximum Gasteiger partial charge on any atom is 0.256 e. The van der Waals surface area contributed by atoms with Crippen LogP contribution >= 0.6 is 0 Å². The van der Waals surface area contributed by atoms with E-state index in [-0.39, 0.29) is 31.7 Å². The first kappa shape index (κ1) is 25.5. The number of nitrogens with zero attached hydrogens (tertiary/aromatic N) is 1. The van der Waals surface area contributed by atoms with E-state index in [4.69, 9.17) is 5.73 Å². The van der Waals surface area contributed by atoms with Crippen molar-refractivity contribution in [1.29, 1.82) is 0 Å². The number of halogens is 1. The summed E-state index contributed by atoms with van der Waals surface area (Å²) >= 11 is 0. The van der Waals surface area contributed by atoms with Crippen LogP contribution in [0.4, 0.5) is 4.39 Å². The van der Waals surface area contributed by atoms with Crippen molar-refractivity contribution in [2.24, 2.45) is 5.73 Å². The van der Waals surface area contributed by atoms with Crippen LogP contribution in [0.2, 0.25) is 0 Å². The number of nitrogens with two attached hydrogens (primary N) is 1. The van der Waals surface area contributed by atoms with Gasteiger partial charge in [0.05, 0.1) is 6.26 Å². The highest BCUT2D eigenvalue weighted by Gasteiger charge is 2.35. The molecule has 0 aliphatic carbocycles. The van der Waals surface area contributed by atoms with Crippen molar-refractivity contribution in [2.45, 2.75) is 51.7 Å². The average molecular weight is 464 g/mol. The number of amides is 2. The number of hydrogen-bond donors (Lipinski definition) is 2. The third-order valence-corrected chi connectivity index (χ3v) is 5.61. The fraction of sp³-hybridized carbons (Fsp3) is 0.391. The van der Waals surface area contributed by atoms with E-state index in [0.29, 0.717) is 5.56 Å². The molecule has 7 nitrogen and oxygen atoms in total. The fourth-order valence-corrected chi connectivity index (χ4v) is 4.13. The lowest BCUT2D eigenvalue weighted by atomic mass is 9.92. The van der Waals surface area contributed by atoms with E-state index in [2.05, 4.69) is 0 Å². The van der Waals surface area contributed by atoms with E-state index in [0.717, 1.165) is 17.4 Å². The number of carbonyl (C=O) groups is 2. The van der Waals surface area contributed by atoms with Gasteiger partial charge < -0.3 is 10.6 Å². The lowest BCUT2D eigenvalue weighted by Crippen LogP contribution is -2.54. The van der Waals surface area contributed by atoms with E-state index in [9.17, 15) is 22.4 Å². The van der Waals surface area contributed by atoms with Gasteiger partial charge in [0, 0.05) is 25.4 Å². The van der Waals surface area contributed by atoms with Crippen LogP contribution < -0.4 is 10.5 Å². The van der Waals surface area contributed by atoms with Crippen molar-refractivity contribution in [1.82, 2.24) is 9.62 Å². The Morgan fingerprint density at radius 1 is 1.12 bits per heavy atom. The SMILES string of the molecule is CC.CS(=O)(=O)NC(=O)[C@@H]1Cc2ccccc2CN1C(=O)CC(N)Cc1ccccc1F. The summed E-state index contributed by atoms with van der Waals surface area (Å²) in [6.45, 7) is 4.17. The van der Waals surface area contributed by atoms with Gasteiger partial charge in [0.1, 0.15) is 11.9 Å². The molecule has 32 heavy (non-hydrogen) atoms. The number of sulfonamides is 1. The van der Waals surface area contributed by atoms with Crippen molar-refractivity contribution >= 4 is 21.8 Å². The summed E-state index contributed by atoms with van der Waals surface area (Å²) in [6.07, 6.45) is 1.16. The molecule has 2 aromatic carbocycles. The Balaban J connectivity index is 0.00000176. The highest BCUT2D eigenvalue weighted by molar-refractivity contribution is 7.89. The summed E-state index contributed by atoms with van der Waals surface area (Å²) in [6, 6.07) is 12.0. The molecule has 0 saturated heterocycles. The van der Waals surface area contributed by atoms with Gasteiger partial charge in [-0.3, -0.25) is 14.3 Å². The molecule has 2 aromatic rings. The second kappa shape index (κ2) is 11.2. The summed E-state index contributed by atoms with van der Waals surface area (Å²) in [4.78, 5) is 26.9. The molecule has 1 aliphatic rings. The summed E-state index contributed by atoms with van der Waals surface area (Å²) in [5, 5.41) is 0. The average Bonchev–Trinajstić information content (AvgIpc) is 2.74. The van der Waals surface area contributed by atoms with Gasteiger partial charge in [-0.25, -0.2) is 12.8 Å². The van der Waals surface area contributed by atoms with Gasteiger partial charge in [-0.15, -0.1) is 0 Å². The highest BCUT2D eigenvalue weighted by Crippen LogP contribution is 2.25. The molecule has 0 fully saturated rings. The summed E-state index contributed by atoms with van der Waals surface area (Å²) < 4.78 is 38.9. The number of carbonyl (C=O) groups excluding carboxylic acids is 2. The quantitative estimate of drug-likeness (QED) is 0.682. The summed E-state index contributed by atoms with van der Waals surface area (Å²) in [5.41, 5.74) is 8.27. The first-order chi connectivity index (χ1) is 15.1. The van der Waals surface area contributed by atoms with Crippen molar-refractivity contribution in [3.63, 3.8) is 0 Å². The van der Waals surface area contributed by atoms with Gasteiger partial charge in [0.25, 0.3) is 5.91 Å². The molecule has 3 rings (SSSR count). The maximum atomic E-state index is 13.9. The maximum absolute atomic E-state index is 13.9. The van der Waals surface area contributed by atoms with Gasteiger partial charge in [0.15, 0.2) is 0 Å². The Labute approximate surface area is 188 Å². The van der Waals surface area contributed by atoms with Crippen molar-refractivity contribution in [3.8, 4) is 0 Å². The fourth-order valence-electron chi connectivity index (χ4n) is 3.63. The van der Waals surface area contributed by atoms with Crippen molar-refractivity contribution in [2.75, 3.05) is 6.26 Å². The minimum atomic E-state index is -3.77. The van der Waals surface area contributed by atoms with E-state index < -0.39 is 33.8 Å². The largest absolute Gasteiger partial charge is 0.327 e. The number of benzene rings is 2. The van der Waals surface area contributed by atoms with Gasteiger partial charge >= 0.3 is 0 Å². The number of nitrogens with one attached hydrogen (secondary N) is 1. The third kappa shape index (κ3) is 6.86. The van der Waals surface area contributed by atoms with Gasteiger partial charge in [-0.1, -0.05) is 56.3 Å². The standard InChI is InChI=1S/C21H24FN3O4S.C2H6/c1-30(28,29)24-21(27)19-11-14-6-2-3-8-16(14)13-25(19)20(26)12-17(23)10-15-7-4-5-9-18(15)22;1-2/h2-9,17,19H,10-13,23H2,1H3,(H,24,27);1-2H3/t17?,19-;/m0./s1. The van der Waals surface area contributed by atoms with E-state index in [1.807, 2.05) is 42.8 Å². The molecule has 1 unspecified atom stereocenters. The zero-order chi connectivity index (χ0) is 23.9. The minimum absolute atomic E-state index is 0.0981. The molecule has 0 aromatic heterocycles. The topological polar surface area (TPSA) is 110 Å². The first-order valence-electron chi connectivity index (χ1n) is 10.5. The van der Waals surface area contributed by atoms with Crippen LogP contribution in [0.3, 0.4) is 0 Å². The van der Waals surface area contributed by atoms with Crippen LogP contribution in [-0.4, -0.2) is 43.5 Å². The zero-order valence-corrected chi connectivity index (χ0v) is 19.4. The molecule has 2 atom stereocenters. The molecule has 1 heterocycles. The Kier molecular flexibility index (Phi) is 8.91. The molecule has 0 radical (unpaired) electrons. The highest BCUT2D eigenvalue weighted by atomic mass is 32.2. The smallest absolute Gasteiger partial charge is 0.256 e. The number of hydrogen-bond acceptors (Lipinski definition) is 5. The van der Waals surface area contributed by atoms with Gasteiger partial charge in [-0.2, -0.15) is 0 Å². The summed E-state index contributed by atoms with van der Waals surface area (Å²) in [5.74, 6) is -1.54. The Morgan fingerprint density at radius 2 is 1.72 bits per heavy atom. The monoisotopic (exact) mass is 463 g/mol. The van der Waals surface area contributed by atoms with Crippen LogP contribution in [0.1, 0.15) is 37.0 Å². The normalized spacial score (nSPS) is 16.3. The molecule has 0 spiro atoms. The van der Waals surface area contributed by atoms with Crippen LogP contribution in [0.25, 0.3) is 0 Å². The van der Waals surface area contributed by atoms with Crippen LogP contribution in [0.5, 0.6) is 0 Å². The molecule has 3 N–H and O–H groups in total. The Hall–Kier alpha value is -2.78. The molecular formula is C23H30FN3O4S. The van der Waals surface area contributed by atoms with Crippen LogP contribution in [0.15, 0.2) is 48.5 Å². The minimum Gasteiger partial charge on any atom is -0.327 e. The van der Waals surface area contributed by atoms with Crippen LogP contribution in [0, 0.1) is 5.82 Å². The predicted octanol–water partition coefficient (Wildman–Crippen LogP) is 2.14. The molecule has 1 aliphatic heterocycles. The Morgan fingerprint density at radius 3 is 2.34 bits per heavy atom. The number of fused-ring (bicyclic) bond motifs is 1. The summed E-state index contributed by atoms with van der Waals surface area (Å²) in [7, 11) is -3.77. The second-order valence-corrected chi connectivity index (χ2v) is 9.26.